The van der Waals surface area contributed by atoms with Gasteiger partial charge in [0.25, 0.3) is 0 Å². The van der Waals surface area contributed by atoms with E-state index in [1.165, 1.54) is 32.1 Å². The summed E-state index contributed by atoms with van der Waals surface area (Å²) < 4.78 is 0. The number of aromatic nitrogens is 2. The molecule has 1 saturated carbocycles. The summed E-state index contributed by atoms with van der Waals surface area (Å²) in [6.45, 7) is 2.44. The minimum Gasteiger partial charge on any atom is -0.352 e. The summed E-state index contributed by atoms with van der Waals surface area (Å²) in [7, 11) is 0. The van der Waals surface area contributed by atoms with Crippen LogP contribution in [0.2, 0.25) is 0 Å². The first-order valence-electron chi connectivity index (χ1n) is 8.51. The molecule has 122 valence electrons. The fraction of sp³-hybridized carbons (Fsp3) is 0.706. The highest BCUT2D eigenvalue weighted by atomic mass is 16.1. The van der Waals surface area contributed by atoms with Crippen molar-refractivity contribution in [1.82, 2.24) is 20.6 Å². The molecule has 0 unspecified atom stereocenters. The molecule has 0 saturated heterocycles. The minimum absolute atomic E-state index is 0.108. The van der Waals surface area contributed by atoms with E-state index in [0.717, 1.165) is 25.0 Å². The summed E-state index contributed by atoms with van der Waals surface area (Å²) in [5.74, 6) is 0.108. The molecule has 0 spiro atoms. The molecule has 1 heterocycles. The van der Waals surface area contributed by atoms with Crippen LogP contribution in [-0.2, 0) is 11.2 Å². The van der Waals surface area contributed by atoms with Crippen molar-refractivity contribution in [1.29, 1.82) is 0 Å². The number of rotatable bonds is 6. The van der Waals surface area contributed by atoms with Crippen LogP contribution in [0.5, 0.6) is 0 Å². The Morgan fingerprint density at radius 3 is 2.64 bits per heavy atom. The maximum atomic E-state index is 12.1. The summed E-state index contributed by atoms with van der Waals surface area (Å²) in [5, 5.41) is 6.45. The van der Waals surface area contributed by atoms with Crippen molar-refractivity contribution in [3.63, 3.8) is 0 Å². The number of hydrogen-bond acceptors (Lipinski definition) is 4. The van der Waals surface area contributed by atoms with Crippen LogP contribution in [0.1, 0.15) is 57.6 Å². The molecule has 2 N–H and O–H groups in total. The lowest BCUT2D eigenvalue weighted by molar-refractivity contribution is -0.121. The van der Waals surface area contributed by atoms with Crippen molar-refractivity contribution >= 4 is 5.91 Å². The number of nitrogens with one attached hydrogen (secondary N) is 2. The van der Waals surface area contributed by atoms with Crippen LogP contribution in [0.15, 0.2) is 18.6 Å². The first-order valence-corrected chi connectivity index (χ1v) is 8.51. The molecule has 1 aliphatic carbocycles. The fourth-order valence-electron chi connectivity index (χ4n) is 2.97. The van der Waals surface area contributed by atoms with Gasteiger partial charge in [0.1, 0.15) is 0 Å². The van der Waals surface area contributed by atoms with Gasteiger partial charge in [-0.2, -0.15) is 0 Å². The second kappa shape index (κ2) is 9.51. The second-order valence-electron chi connectivity index (χ2n) is 6.29. The molecule has 5 heteroatoms. The zero-order valence-corrected chi connectivity index (χ0v) is 13.6. The highest BCUT2D eigenvalue weighted by Crippen LogP contribution is 2.16. The second-order valence-corrected chi connectivity index (χ2v) is 6.29. The van der Waals surface area contributed by atoms with Gasteiger partial charge in [-0.3, -0.25) is 14.8 Å². The van der Waals surface area contributed by atoms with Gasteiger partial charge in [0.05, 0.1) is 12.2 Å². The third-order valence-corrected chi connectivity index (χ3v) is 4.21. The van der Waals surface area contributed by atoms with E-state index >= 15 is 0 Å². The number of nitrogens with zero attached hydrogens (tertiary/aromatic N) is 2. The van der Waals surface area contributed by atoms with Crippen molar-refractivity contribution in [2.45, 2.75) is 70.4 Å². The van der Waals surface area contributed by atoms with Gasteiger partial charge in [-0.15, -0.1) is 0 Å². The fourth-order valence-corrected chi connectivity index (χ4v) is 2.97. The predicted molar refractivity (Wildman–Crippen MR) is 87.5 cm³/mol. The van der Waals surface area contributed by atoms with Crippen LogP contribution in [0.4, 0.5) is 0 Å². The summed E-state index contributed by atoms with van der Waals surface area (Å²) in [4.78, 5) is 20.4. The first kappa shape index (κ1) is 16.9. The Bertz CT molecular complexity index is 430. The summed E-state index contributed by atoms with van der Waals surface area (Å²) >= 11 is 0. The average Bonchev–Trinajstić information content (AvgIpc) is 2.49. The van der Waals surface area contributed by atoms with Crippen LogP contribution < -0.4 is 10.6 Å². The number of amides is 1. The van der Waals surface area contributed by atoms with E-state index in [2.05, 4.69) is 27.5 Å². The lowest BCUT2D eigenvalue weighted by atomic mass is 9.97. The van der Waals surface area contributed by atoms with E-state index in [1.54, 1.807) is 18.6 Å². The lowest BCUT2D eigenvalue weighted by Crippen LogP contribution is -2.43. The van der Waals surface area contributed by atoms with Gasteiger partial charge >= 0.3 is 0 Å². The normalized spacial score (nSPS) is 18.2. The van der Waals surface area contributed by atoms with E-state index in [0.29, 0.717) is 12.6 Å². The quantitative estimate of drug-likeness (QED) is 0.846. The molecule has 0 radical (unpaired) electrons. The maximum absolute atomic E-state index is 12.1. The largest absolute Gasteiger partial charge is 0.352 e. The number of hydrogen-bond donors (Lipinski definition) is 2. The highest BCUT2D eigenvalue weighted by molar-refractivity contribution is 5.78. The number of carbonyl (C=O) groups excluding carboxylic acids is 1. The molecular weight excluding hydrogens is 276 g/mol. The van der Waals surface area contributed by atoms with Gasteiger partial charge in [0.15, 0.2) is 0 Å². The Hall–Kier alpha value is -1.49. The van der Waals surface area contributed by atoms with E-state index < -0.39 is 0 Å². The summed E-state index contributed by atoms with van der Waals surface area (Å²) in [6, 6.07) is 0.574. The molecule has 0 aliphatic heterocycles. The van der Waals surface area contributed by atoms with Gasteiger partial charge in [0.2, 0.25) is 5.91 Å². The van der Waals surface area contributed by atoms with Crippen LogP contribution in [0.3, 0.4) is 0 Å². The predicted octanol–water partition coefficient (Wildman–Crippen LogP) is 2.23. The standard InChI is InChI=1S/C17H28N4O/c1-14(11-16-12-18-9-10-19-16)20-13-17(22)21-15-7-5-3-2-4-6-8-15/h9-10,12,14-15,20H,2-8,11,13H2,1H3,(H,21,22)/t14-/m0/s1. The Balaban J connectivity index is 1.65. The molecule has 22 heavy (non-hydrogen) atoms. The van der Waals surface area contributed by atoms with E-state index in [-0.39, 0.29) is 11.9 Å². The summed E-state index contributed by atoms with van der Waals surface area (Å²) in [5.41, 5.74) is 0.947. The molecule has 1 atom stereocenters. The van der Waals surface area contributed by atoms with Crippen molar-refractivity contribution in [3.05, 3.63) is 24.3 Å². The Morgan fingerprint density at radius 2 is 1.95 bits per heavy atom. The van der Waals surface area contributed by atoms with Gasteiger partial charge < -0.3 is 10.6 Å². The van der Waals surface area contributed by atoms with Gasteiger partial charge in [-0.05, 0) is 19.8 Å². The molecule has 1 aliphatic rings. The monoisotopic (exact) mass is 304 g/mol. The molecule has 1 aromatic rings. The van der Waals surface area contributed by atoms with Crippen molar-refractivity contribution in [2.75, 3.05) is 6.54 Å². The molecule has 1 amide bonds. The van der Waals surface area contributed by atoms with Gasteiger partial charge in [0, 0.05) is 37.1 Å². The molecule has 0 aromatic carbocycles. The van der Waals surface area contributed by atoms with Crippen LogP contribution in [0, 0.1) is 0 Å². The highest BCUT2D eigenvalue weighted by Gasteiger charge is 2.14. The van der Waals surface area contributed by atoms with Gasteiger partial charge in [-0.25, -0.2) is 0 Å². The molecular formula is C17H28N4O. The third kappa shape index (κ3) is 6.52. The Kier molecular flexibility index (Phi) is 7.30. The van der Waals surface area contributed by atoms with Crippen molar-refractivity contribution < 1.29 is 4.79 Å². The zero-order valence-electron chi connectivity index (χ0n) is 13.6. The smallest absolute Gasteiger partial charge is 0.234 e. The average molecular weight is 304 g/mol. The number of carbonyl (C=O) groups is 1. The van der Waals surface area contributed by atoms with E-state index in [9.17, 15) is 4.79 Å². The Labute approximate surface area is 133 Å². The minimum atomic E-state index is 0.108. The van der Waals surface area contributed by atoms with Crippen LogP contribution in [-0.4, -0.2) is 34.5 Å². The van der Waals surface area contributed by atoms with Crippen LogP contribution in [0.25, 0.3) is 0 Å². The lowest BCUT2D eigenvalue weighted by Gasteiger charge is -2.21. The molecule has 2 rings (SSSR count). The topological polar surface area (TPSA) is 66.9 Å². The maximum Gasteiger partial charge on any atom is 0.234 e. The first-order chi connectivity index (χ1) is 10.7. The van der Waals surface area contributed by atoms with E-state index in [1.807, 2.05) is 0 Å². The molecule has 1 aromatic heterocycles. The molecule has 1 fully saturated rings. The van der Waals surface area contributed by atoms with Gasteiger partial charge in [-0.1, -0.05) is 32.1 Å². The van der Waals surface area contributed by atoms with Crippen molar-refractivity contribution in [3.8, 4) is 0 Å². The summed E-state index contributed by atoms with van der Waals surface area (Å²) in [6.07, 6.45) is 14.6. The molecule has 5 nitrogen and oxygen atoms in total. The third-order valence-electron chi connectivity index (χ3n) is 4.21. The SMILES string of the molecule is C[C@@H](Cc1cnccn1)NCC(=O)NC1CCCCCCC1. The van der Waals surface area contributed by atoms with Crippen molar-refractivity contribution in [2.24, 2.45) is 0 Å². The zero-order chi connectivity index (χ0) is 15.6. The van der Waals surface area contributed by atoms with Crippen LogP contribution >= 0.6 is 0 Å². The molecule has 0 bridgehead atoms. The van der Waals surface area contributed by atoms with E-state index in [4.69, 9.17) is 0 Å². The Morgan fingerprint density at radius 1 is 1.23 bits per heavy atom.